The number of aromatic nitrogens is 4. The van der Waals surface area contributed by atoms with Crippen LogP contribution in [0.15, 0.2) is 59.5 Å². The van der Waals surface area contributed by atoms with Crippen molar-refractivity contribution in [1.82, 2.24) is 25.3 Å². The average Bonchev–Trinajstić information content (AvgIpc) is 2.86. The number of carbonyl (C=O) groups excluding carboxylic acids is 2. The molecule has 0 aliphatic heterocycles. The van der Waals surface area contributed by atoms with Gasteiger partial charge in [0, 0.05) is 17.8 Å². The molecule has 4 rings (SSSR count). The molecule has 2 heterocycles. The lowest BCUT2D eigenvalue weighted by atomic mass is 10.1. The Balaban J connectivity index is 1.27. The lowest BCUT2D eigenvalue weighted by Gasteiger charge is -2.19. The van der Waals surface area contributed by atoms with Gasteiger partial charge >= 0.3 is 6.09 Å². The Kier molecular flexibility index (Phi) is 7.66. The van der Waals surface area contributed by atoms with E-state index < -0.39 is 17.3 Å². The minimum absolute atomic E-state index is 0.000763. The molecule has 196 valence electrons. The van der Waals surface area contributed by atoms with Crippen LogP contribution in [0.2, 0.25) is 0 Å². The number of nitrogens with zero attached hydrogens (tertiary/aromatic N) is 3. The van der Waals surface area contributed by atoms with Gasteiger partial charge in [-0.15, -0.1) is 0 Å². The first-order valence-corrected chi connectivity index (χ1v) is 12.0. The maximum atomic E-state index is 12.6. The Morgan fingerprint density at radius 2 is 1.66 bits per heavy atom. The molecule has 2 aromatic heterocycles. The van der Waals surface area contributed by atoms with E-state index in [2.05, 4.69) is 30.6 Å². The van der Waals surface area contributed by atoms with Crippen LogP contribution in [0.5, 0.6) is 0 Å². The molecule has 0 atom stereocenters. The van der Waals surface area contributed by atoms with Gasteiger partial charge in [-0.2, -0.15) is 4.98 Å². The van der Waals surface area contributed by atoms with Crippen molar-refractivity contribution in [3.8, 4) is 0 Å². The van der Waals surface area contributed by atoms with Gasteiger partial charge in [-0.1, -0.05) is 24.3 Å². The number of rotatable bonds is 7. The van der Waals surface area contributed by atoms with Crippen LogP contribution in [0.4, 0.5) is 16.4 Å². The molecule has 38 heavy (non-hydrogen) atoms. The average molecular weight is 516 g/mol. The molecular formula is C27H29N7O4. The van der Waals surface area contributed by atoms with Gasteiger partial charge in [0.25, 0.3) is 11.5 Å². The molecule has 0 saturated heterocycles. The molecule has 0 unspecified atom stereocenters. The molecule has 2 amide bonds. The number of fused-ring (bicyclic) bond motifs is 1. The fourth-order valence-electron chi connectivity index (χ4n) is 3.60. The number of H-pyrrole nitrogens is 1. The standard InChI is InChI=1S/C27H29N7O4/c1-27(2,3)38-26(37)32-19-11-7-17(8-12-19)14-30-23(35)18-9-4-16(5-10-18)6-13-20-15-29-22-21(31-20)24(36)34-25(28)33-22/h4-5,7-12,15H,6,13-14H2,1-3H3,(H,30,35)(H,32,37)(H3,28,29,33,34,36). The van der Waals surface area contributed by atoms with Crippen molar-refractivity contribution >= 4 is 34.8 Å². The van der Waals surface area contributed by atoms with E-state index in [0.717, 1.165) is 11.1 Å². The van der Waals surface area contributed by atoms with E-state index in [-0.39, 0.29) is 23.0 Å². The number of nitrogen functional groups attached to an aromatic ring is 1. The maximum absolute atomic E-state index is 12.6. The number of nitrogens with one attached hydrogen (secondary N) is 3. The van der Waals surface area contributed by atoms with Gasteiger partial charge in [-0.3, -0.25) is 19.9 Å². The number of aryl methyl sites for hydroxylation is 2. The first-order chi connectivity index (χ1) is 18.1. The van der Waals surface area contributed by atoms with Gasteiger partial charge in [0.05, 0.1) is 11.9 Å². The Labute approximate surface area is 218 Å². The molecule has 0 aliphatic carbocycles. The zero-order valence-electron chi connectivity index (χ0n) is 21.4. The summed E-state index contributed by atoms with van der Waals surface area (Å²) in [6.07, 6.45) is 2.28. The van der Waals surface area contributed by atoms with Crippen LogP contribution in [0.1, 0.15) is 48.0 Å². The second kappa shape index (κ2) is 11.1. The smallest absolute Gasteiger partial charge is 0.412 e. The normalized spacial score (nSPS) is 11.2. The summed E-state index contributed by atoms with van der Waals surface area (Å²) in [5.74, 6) is -0.196. The molecule has 0 bridgehead atoms. The third-order valence-corrected chi connectivity index (χ3v) is 5.42. The van der Waals surface area contributed by atoms with Crippen molar-refractivity contribution in [3.05, 3.63) is 87.5 Å². The Morgan fingerprint density at radius 1 is 0.974 bits per heavy atom. The van der Waals surface area contributed by atoms with Crippen molar-refractivity contribution in [2.45, 2.75) is 45.8 Å². The summed E-state index contributed by atoms with van der Waals surface area (Å²) in [5.41, 5.74) is 8.59. The Morgan fingerprint density at radius 3 is 2.34 bits per heavy atom. The highest BCUT2D eigenvalue weighted by atomic mass is 16.6. The fourth-order valence-corrected chi connectivity index (χ4v) is 3.60. The Bertz CT molecular complexity index is 1510. The minimum Gasteiger partial charge on any atom is -0.444 e. The SMILES string of the molecule is CC(C)(C)OC(=O)Nc1ccc(CNC(=O)c2ccc(CCc3cnc4nc(N)[nH]c(=O)c4n3)cc2)cc1. The zero-order chi connectivity index (χ0) is 27.3. The molecule has 11 nitrogen and oxygen atoms in total. The predicted octanol–water partition coefficient (Wildman–Crippen LogP) is 3.36. The predicted molar refractivity (Wildman–Crippen MR) is 144 cm³/mol. The number of nitrogens with two attached hydrogens (primary N) is 1. The number of hydrogen-bond acceptors (Lipinski definition) is 8. The number of ether oxygens (including phenoxy) is 1. The monoisotopic (exact) mass is 515 g/mol. The van der Waals surface area contributed by atoms with Gasteiger partial charge in [-0.25, -0.2) is 14.8 Å². The third kappa shape index (κ3) is 7.12. The molecule has 11 heteroatoms. The first kappa shape index (κ1) is 26.3. The largest absolute Gasteiger partial charge is 0.444 e. The summed E-state index contributed by atoms with van der Waals surface area (Å²) >= 11 is 0. The van der Waals surface area contributed by atoms with Crippen LogP contribution in [0.25, 0.3) is 11.2 Å². The summed E-state index contributed by atoms with van der Waals surface area (Å²) in [5, 5.41) is 5.57. The molecule has 4 aromatic rings. The van der Waals surface area contributed by atoms with Gasteiger partial charge in [-0.05, 0) is 69.0 Å². The van der Waals surface area contributed by atoms with Crippen LogP contribution >= 0.6 is 0 Å². The second-order valence-electron chi connectivity index (χ2n) is 9.69. The highest BCUT2D eigenvalue weighted by molar-refractivity contribution is 5.94. The first-order valence-electron chi connectivity index (χ1n) is 12.0. The van der Waals surface area contributed by atoms with E-state index in [0.29, 0.717) is 36.3 Å². The van der Waals surface area contributed by atoms with Gasteiger partial charge in [0.1, 0.15) is 5.60 Å². The Hall–Kier alpha value is -4.80. The molecule has 0 saturated carbocycles. The maximum Gasteiger partial charge on any atom is 0.412 e. The third-order valence-electron chi connectivity index (χ3n) is 5.42. The summed E-state index contributed by atoms with van der Waals surface area (Å²) in [6.45, 7) is 5.74. The molecule has 0 radical (unpaired) electrons. The number of benzene rings is 2. The summed E-state index contributed by atoms with van der Waals surface area (Å²) in [4.78, 5) is 51.4. The van der Waals surface area contributed by atoms with E-state index >= 15 is 0 Å². The minimum atomic E-state index is -0.575. The van der Waals surface area contributed by atoms with Crippen LogP contribution in [0, 0.1) is 0 Å². The van der Waals surface area contributed by atoms with Crippen molar-refractivity contribution in [2.75, 3.05) is 11.1 Å². The molecule has 0 aliphatic rings. The van der Waals surface area contributed by atoms with Crippen molar-refractivity contribution in [2.24, 2.45) is 0 Å². The number of aromatic amines is 1. The van der Waals surface area contributed by atoms with Crippen LogP contribution in [-0.4, -0.2) is 37.5 Å². The van der Waals surface area contributed by atoms with E-state index in [1.807, 2.05) is 24.3 Å². The van der Waals surface area contributed by atoms with Gasteiger partial charge in [0.15, 0.2) is 11.2 Å². The van der Waals surface area contributed by atoms with Gasteiger partial charge < -0.3 is 15.8 Å². The molecule has 0 spiro atoms. The van der Waals surface area contributed by atoms with E-state index in [1.165, 1.54) is 0 Å². The summed E-state index contributed by atoms with van der Waals surface area (Å²) < 4.78 is 5.24. The molecule has 5 N–H and O–H groups in total. The van der Waals surface area contributed by atoms with Crippen molar-refractivity contribution < 1.29 is 14.3 Å². The van der Waals surface area contributed by atoms with E-state index in [4.69, 9.17) is 10.5 Å². The lowest BCUT2D eigenvalue weighted by molar-refractivity contribution is 0.0635. The van der Waals surface area contributed by atoms with Crippen LogP contribution in [0.3, 0.4) is 0 Å². The number of carbonyl (C=O) groups is 2. The second-order valence-corrected chi connectivity index (χ2v) is 9.69. The highest BCUT2D eigenvalue weighted by Gasteiger charge is 2.16. The van der Waals surface area contributed by atoms with Crippen molar-refractivity contribution in [3.63, 3.8) is 0 Å². The fraction of sp³-hybridized carbons (Fsp3) is 0.259. The van der Waals surface area contributed by atoms with E-state index in [1.54, 1.807) is 51.2 Å². The molecule has 2 aromatic carbocycles. The lowest BCUT2D eigenvalue weighted by Crippen LogP contribution is -2.27. The van der Waals surface area contributed by atoms with Crippen LogP contribution < -0.4 is 21.9 Å². The highest BCUT2D eigenvalue weighted by Crippen LogP contribution is 2.14. The quantitative estimate of drug-likeness (QED) is 0.291. The summed E-state index contributed by atoms with van der Waals surface area (Å²) in [7, 11) is 0. The number of amides is 2. The van der Waals surface area contributed by atoms with Crippen LogP contribution in [-0.2, 0) is 24.1 Å². The van der Waals surface area contributed by atoms with Crippen molar-refractivity contribution in [1.29, 1.82) is 0 Å². The number of hydrogen-bond donors (Lipinski definition) is 4. The van der Waals surface area contributed by atoms with E-state index in [9.17, 15) is 14.4 Å². The molecule has 0 fully saturated rings. The molecular weight excluding hydrogens is 486 g/mol. The zero-order valence-corrected chi connectivity index (χ0v) is 21.4. The summed E-state index contributed by atoms with van der Waals surface area (Å²) in [6, 6.07) is 14.5. The number of anilines is 2. The van der Waals surface area contributed by atoms with Gasteiger partial charge in [0.2, 0.25) is 5.95 Å². The topological polar surface area (TPSA) is 165 Å².